The van der Waals surface area contributed by atoms with Gasteiger partial charge in [0, 0.05) is 33.7 Å². The molecule has 0 radical (unpaired) electrons. The average molecular weight is 892 g/mol. The fourth-order valence-electron chi connectivity index (χ4n) is 7.15. The second-order valence-electron chi connectivity index (χ2n) is 14.5. The van der Waals surface area contributed by atoms with Gasteiger partial charge in [-0.1, -0.05) is 48.5 Å². The molecule has 7 aromatic rings. The number of anilines is 4. The van der Waals surface area contributed by atoms with Gasteiger partial charge < -0.3 is 33.2 Å². The number of nitrogen functional groups attached to an aromatic ring is 2. The first-order valence-electron chi connectivity index (χ1n) is 19.6. The second kappa shape index (κ2) is 18.5. The minimum absolute atomic E-state index is 0.0145. The highest BCUT2D eigenvalue weighted by atomic mass is 32.2. The number of nitrogens with one attached hydrogen (secondary N) is 3. The maximum atomic E-state index is 15.3. The lowest BCUT2D eigenvalue weighted by Gasteiger charge is -2.22. The maximum absolute atomic E-state index is 15.3. The van der Waals surface area contributed by atoms with Gasteiger partial charge in [-0.15, -0.1) is 0 Å². The number of hydrogen-bond donors (Lipinski definition) is 6. The van der Waals surface area contributed by atoms with E-state index in [0.717, 1.165) is 6.26 Å². The maximum Gasteiger partial charge on any atom is 0.224 e. The number of nitrogens with zero attached hydrogens (tertiary/aromatic N) is 9. The molecule has 65 heavy (non-hydrogen) atoms. The van der Waals surface area contributed by atoms with Gasteiger partial charge in [-0.2, -0.15) is 20.5 Å². The van der Waals surface area contributed by atoms with Crippen molar-refractivity contribution >= 4 is 67.6 Å². The van der Waals surface area contributed by atoms with Crippen molar-refractivity contribution in [1.29, 1.82) is 10.5 Å². The van der Waals surface area contributed by atoms with Crippen LogP contribution in [0.15, 0.2) is 117 Å². The monoisotopic (exact) mass is 891 g/mol. The Morgan fingerprint density at radius 3 is 2.08 bits per heavy atom. The van der Waals surface area contributed by atoms with Crippen LogP contribution in [0.3, 0.4) is 0 Å². The summed E-state index contributed by atoms with van der Waals surface area (Å²) in [5.74, 6) is -1.29. The molecule has 3 aromatic carbocycles. The number of aromatic nitrogens is 5. The van der Waals surface area contributed by atoms with Crippen molar-refractivity contribution in [2.75, 3.05) is 35.0 Å². The van der Waals surface area contributed by atoms with Crippen molar-refractivity contribution in [2.45, 2.75) is 30.8 Å². The van der Waals surface area contributed by atoms with Crippen molar-refractivity contribution in [3.05, 3.63) is 131 Å². The molecule has 0 amide bonds. The summed E-state index contributed by atoms with van der Waals surface area (Å²) in [6.45, 7) is 6.93. The molecule has 0 spiro atoms. The molecule has 0 fully saturated rings. The number of rotatable bonds is 13. The average Bonchev–Trinajstić information content (AvgIpc) is 3.28. The molecule has 326 valence electrons. The molecule has 0 aliphatic heterocycles. The molecule has 17 nitrogen and oxygen atoms in total. The molecule has 20 heteroatoms. The molecule has 0 saturated carbocycles. The van der Waals surface area contributed by atoms with E-state index in [0.29, 0.717) is 21.9 Å². The highest BCUT2D eigenvalue weighted by Crippen LogP contribution is 2.36. The van der Waals surface area contributed by atoms with Gasteiger partial charge in [0.05, 0.1) is 40.7 Å². The number of amidine groups is 1. The number of hydrogen-bond acceptors (Lipinski definition) is 16. The van der Waals surface area contributed by atoms with E-state index in [1.54, 1.807) is 80.6 Å². The van der Waals surface area contributed by atoms with Crippen molar-refractivity contribution < 1.29 is 17.2 Å². The number of halogens is 2. The van der Waals surface area contributed by atoms with Gasteiger partial charge in [-0.3, -0.25) is 4.99 Å². The van der Waals surface area contributed by atoms with Gasteiger partial charge in [0.2, 0.25) is 5.95 Å². The Bertz CT molecular complexity index is 3310. The van der Waals surface area contributed by atoms with Gasteiger partial charge in [-0.25, -0.2) is 37.1 Å². The molecule has 0 unspecified atom stereocenters. The first-order chi connectivity index (χ1) is 31.1. The molecule has 0 aliphatic rings. The Kier molecular flexibility index (Phi) is 12.7. The van der Waals surface area contributed by atoms with Crippen LogP contribution >= 0.6 is 0 Å². The highest BCUT2D eigenvalue weighted by Gasteiger charge is 2.25. The number of nitrogens with two attached hydrogens (primary N) is 3. The van der Waals surface area contributed by atoms with E-state index in [9.17, 15) is 18.9 Å². The minimum atomic E-state index is -3.76. The summed E-state index contributed by atoms with van der Waals surface area (Å²) in [6.07, 6.45) is 1.07. The van der Waals surface area contributed by atoms with E-state index in [-0.39, 0.29) is 91.4 Å². The highest BCUT2D eigenvalue weighted by molar-refractivity contribution is 7.90. The largest absolute Gasteiger partial charge is 0.382 e. The Hall–Kier alpha value is -8.46. The Morgan fingerprint density at radius 2 is 1.46 bits per heavy atom. The molecule has 9 N–H and O–H groups in total. The van der Waals surface area contributed by atoms with Crippen LogP contribution in [0.1, 0.15) is 42.6 Å². The van der Waals surface area contributed by atoms with Crippen LogP contribution < -0.4 is 33.2 Å². The fourth-order valence-corrected chi connectivity index (χ4v) is 8.04. The first kappa shape index (κ1) is 44.6. The molecule has 7 rings (SSSR count). The van der Waals surface area contributed by atoms with Crippen molar-refractivity contribution in [3.63, 3.8) is 0 Å². The number of nitriles is 2. The standard InChI is InChI=1S/C45H39F2N15O2S/c1-23(28-18-25-10-7-13-32(46)37(25)59-39(28)27-12-5-6-16-35(27)65(4,63)64)55-42(53-3)31(21-49)43(54-22-50)58-36-17-9-15-34(57-36)40-29(19-26-11-8-14-33(47)38(26)60-40)24(2)56-44-30(20-48)41(51)61-45(52)62-44/h5-19,23-24,55H,3,22,50H2,1-2,4H3,(H,54,57,58)(H5,51,52,56,61,62)/b42-31+/t23-,24-/m0/s1. The predicted molar refractivity (Wildman–Crippen MR) is 247 cm³/mol. The zero-order chi connectivity index (χ0) is 46.6. The van der Waals surface area contributed by atoms with E-state index in [2.05, 4.69) is 53.7 Å². The molecule has 0 bridgehead atoms. The molecule has 0 aliphatic carbocycles. The van der Waals surface area contributed by atoms with Gasteiger partial charge in [-0.05, 0) is 63.0 Å². The number of para-hydroxylation sites is 2. The van der Waals surface area contributed by atoms with E-state index < -0.39 is 33.6 Å². The lowest BCUT2D eigenvalue weighted by molar-refractivity contribution is 0.602. The second-order valence-corrected chi connectivity index (χ2v) is 16.5. The smallest absolute Gasteiger partial charge is 0.224 e. The zero-order valence-corrected chi connectivity index (χ0v) is 35.8. The summed E-state index contributed by atoms with van der Waals surface area (Å²) in [7, 11) is -3.76. The van der Waals surface area contributed by atoms with Crippen LogP contribution in [0.5, 0.6) is 0 Å². The van der Waals surface area contributed by atoms with Crippen LogP contribution in [-0.2, 0) is 9.84 Å². The Labute approximate surface area is 371 Å². The van der Waals surface area contributed by atoms with Crippen LogP contribution in [0.2, 0.25) is 0 Å². The van der Waals surface area contributed by atoms with Gasteiger partial charge in [0.25, 0.3) is 0 Å². The number of benzene rings is 3. The SMILES string of the molecule is C=N/C(N[C@@H](C)c1cc2cccc(F)c2nc1-c1ccccc1S(C)(=O)=O)=C(/C#N)C(=NCN)Nc1cccc(-c2nc3c(F)cccc3cc2[C@H](C)Nc2nc(N)nc(N)c2C#N)n1. The third kappa shape index (κ3) is 9.20. The van der Waals surface area contributed by atoms with Crippen molar-refractivity contribution in [1.82, 2.24) is 30.2 Å². The molecule has 2 atom stereocenters. The summed E-state index contributed by atoms with van der Waals surface area (Å²) in [6, 6.07) is 26.3. The Morgan fingerprint density at radius 1 is 0.831 bits per heavy atom. The third-order valence-electron chi connectivity index (χ3n) is 10.1. The van der Waals surface area contributed by atoms with Gasteiger partial charge in [0.1, 0.15) is 69.2 Å². The number of aliphatic imine (C=N–C) groups is 2. The summed E-state index contributed by atoms with van der Waals surface area (Å²) in [4.78, 5) is 30.7. The first-order valence-corrected chi connectivity index (χ1v) is 21.5. The summed E-state index contributed by atoms with van der Waals surface area (Å²) >= 11 is 0. The topological polar surface area (TPSA) is 285 Å². The van der Waals surface area contributed by atoms with E-state index in [4.69, 9.17) is 27.2 Å². The van der Waals surface area contributed by atoms with Crippen molar-refractivity contribution in [2.24, 2.45) is 15.7 Å². The molecule has 0 saturated heterocycles. The predicted octanol–water partition coefficient (Wildman–Crippen LogP) is 6.71. The summed E-state index contributed by atoms with van der Waals surface area (Å²) < 4.78 is 56.3. The van der Waals surface area contributed by atoms with Crippen LogP contribution in [0.25, 0.3) is 44.5 Å². The molecular weight excluding hydrogens is 853 g/mol. The quantitative estimate of drug-likeness (QED) is 0.0399. The molecule has 4 aromatic heterocycles. The van der Waals surface area contributed by atoms with Crippen molar-refractivity contribution in [3.8, 4) is 34.8 Å². The van der Waals surface area contributed by atoms with Gasteiger partial charge in [0.15, 0.2) is 15.7 Å². The Balaban J connectivity index is 1.28. The number of pyridine rings is 3. The minimum Gasteiger partial charge on any atom is -0.382 e. The zero-order valence-electron chi connectivity index (χ0n) is 35.0. The lowest BCUT2D eigenvalue weighted by Crippen LogP contribution is -2.25. The summed E-state index contributed by atoms with van der Waals surface area (Å²) in [5, 5.41) is 30.8. The van der Waals surface area contributed by atoms with E-state index in [1.807, 2.05) is 6.07 Å². The van der Waals surface area contributed by atoms with Crippen LogP contribution in [-0.4, -0.2) is 58.8 Å². The molecular formula is C45H39F2N15O2S. The normalized spacial score (nSPS) is 13.0. The van der Waals surface area contributed by atoms with E-state index in [1.165, 1.54) is 24.3 Å². The number of sulfone groups is 1. The fraction of sp³-hybridized carbons (Fsp3) is 0.133. The lowest BCUT2D eigenvalue weighted by atomic mass is 9.98. The number of fused-ring (bicyclic) bond motifs is 2. The van der Waals surface area contributed by atoms with Crippen LogP contribution in [0.4, 0.5) is 32.2 Å². The summed E-state index contributed by atoms with van der Waals surface area (Å²) in [5.41, 5.74) is 19.6. The van der Waals surface area contributed by atoms with Crippen LogP contribution in [0, 0.1) is 34.3 Å². The van der Waals surface area contributed by atoms with Gasteiger partial charge >= 0.3 is 0 Å². The molecule has 4 heterocycles. The third-order valence-corrected chi connectivity index (χ3v) is 11.3. The van der Waals surface area contributed by atoms with E-state index >= 15 is 8.78 Å².